The highest BCUT2D eigenvalue weighted by atomic mass is 79.9. The molecule has 1 atom stereocenters. The quantitative estimate of drug-likeness (QED) is 0.915. The molecule has 0 fully saturated rings. The van der Waals surface area contributed by atoms with Crippen LogP contribution < -0.4 is 4.74 Å². The highest BCUT2D eigenvalue weighted by Gasteiger charge is 2.41. The van der Waals surface area contributed by atoms with Crippen LogP contribution in [0.1, 0.15) is 25.0 Å². The molecule has 0 aromatic heterocycles. The Kier molecular flexibility index (Phi) is 4.82. The molecule has 1 N–H and O–H groups in total. The summed E-state index contributed by atoms with van der Waals surface area (Å²) < 4.78 is 43.0. The van der Waals surface area contributed by atoms with Crippen molar-refractivity contribution in [2.24, 2.45) is 0 Å². The Labute approximate surface area is 106 Å². The molecule has 1 unspecified atom stereocenters. The molecule has 6 heteroatoms. The summed E-state index contributed by atoms with van der Waals surface area (Å²) in [5.41, 5.74) is -0.277. The van der Waals surface area contributed by atoms with Gasteiger partial charge < -0.3 is 9.84 Å². The van der Waals surface area contributed by atoms with Crippen LogP contribution in [0.25, 0.3) is 0 Å². The van der Waals surface area contributed by atoms with Gasteiger partial charge in [-0.25, -0.2) is 0 Å². The Morgan fingerprint density at radius 1 is 1.41 bits per heavy atom. The first-order valence-corrected chi connectivity index (χ1v) is 5.82. The van der Waals surface area contributed by atoms with E-state index in [0.717, 1.165) is 0 Å². The largest absolute Gasteiger partial charge is 0.493 e. The number of aliphatic hydroxyl groups is 1. The second-order valence-electron chi connectivity index (χ2n) is 3.47. The summed E-state index contributed by atoms with van der Waals surface area (Å²) in [4.78, 5) is 0. The van der Waals surface area contributed by atoms with Gasteiger partial charge in [0.15, 0.2) is 6.10 Å². The lowest BCUT2D eigenvalue weighted by molar-refractivity contribution is -0.207. The molecule has 0 aliphatic rings. The van der Waals surface area contributed by atoms with Crippen molar-refractivity contribution in [2.75, 3.05) is 6.61 Å². The van der Waals surface area contributed by atoms with E-state index in [1.165, 1.54) is 12.1 Å². The van der Waals surface area contributed by atoms with Gasteiger partial charge in [0.25, 0.3) is 0 Å². The van der Waals surface area contributed by atoms with Crippen molar-refractivity contribution in [3.05, 3.63) is 28.2 Å². The van der Waals surface area contributed by atoms with Crippen LogP contribution in [0.5, 0.6) is 5.75 Å². The van der Waals surface area contributed by atoms with Crippen molar-refractivity contribution in [2.45, 2.75) is 25.6 Å². The molecule has 0 saturated carbocycles. The standard InChI is InChI=1S/C11H12BrF3O2/c1-2-5-17-9-4-3-7(12)6-8(9)10(16)11(13,14)15/h3-4,6,10,16H,2,5H2,1H3. The third-order valence-electron chi connectivity index (χ3n) is 2.04. The number of hydrogen-bond donors (Lipinski definition) is 1. The van der Waals surface area contributed by atoms with Crippen LogP contribution >= 0.6 is 15.9 Å². The van der Waals surface area contributed by atoms with Crippen LogP contribution in [0.2, 0.25) is 0 Å². The summed E-state index contributed by atoms with van der Waals surface area (Å²) >= 11 is 3.07. The summed E-state index contributed by atoms with van der Waals surface area (Å²) in [5, 5.41) is 9.24. The molecule has 0 aliphatic heterocycles. The van der Waals surface area contributed by atoms with Crippen LogP contribution in [0, 0.1) is 0 Å². The van der Waals surface area contributed by atoms with E-state index >= 15 is 0 Å². The smallest absolute Gasteiger partial charge is 0.418 e. The fourth-order valence-corrected chi connectivity index (χ4v) is 1.63. The van der Waals surface area contributed by atoms with E-state index in [0.29, 0.717) is 17.5 Å². The molecule has 96 valence electrons. The lowest BCUT2D eigenvalue weighted by Crippen LogP contribution is -2.21. The van der Waals surface area contributed by atoms with Gasteiger partial charge in [-0.15, -0.1) is 0 Å². The van der Waals surface area contributed by atoms with Crippen molar-refractivity contribution >= 4 is 15.9 Å². The van der Waals surface area contributed by atoms with Gasteiger partial charge in [-0.2, -0.15) is 13.2 Å². The third-order valence-corrected chi connectivity index (χ3v) is 2.53. The van der Waals surface area contributed by atoms with Crippen LogP contribution in [0.3, 0.4) is 0 Å². The Morgan fingerprint density at radius 3 is 2.59 bits per heavy atom. The van der Waals surface area contributed by atoms with Crippen molar-refractivity contribution in [3.8, 4) is 5.75 Å². The third kappa shape index (κ3) is 3.89. The van der Waals surface area contributed by atoms with E-state index in [-0.39, 0.29) is 11.3 Å². The molecule has 0 bridgehead atoms. The molecule has 1 aromatic carbocycles. The predicted molar refractivity (Wildman–Crippen MR) is 60.9 cm³/mol. The second-order valence-corrected chi connectivity index (χ2v) is 4.39. The zero-order valence-corrected chi connectivity index (χ0v) is 10.7. The number of halogens is 4. The van der Waals surface area contributed by atoms with Crippen LogP contribution in [-0.2, 0) is 0 Å². The summed E-state index contributed by atoms with van der Waals surface area (Å²) in [5.74, 6) is 0.0554. The monoisotopic (exact) mass is 312 g/mol. The average molecular weight is 313 g/mol. The highest BCUT2D eigenvalue weighted by Crippen LogP contribution is 2.38. The summed E-state index contributed by atoms with van der Waals surface area (Å²) in [6.07, 6.45) is -6.56. The van der Waals surface area contributed by atoms with Gasteiger partial charge in [0.2, 0.25) is 0 Å². The topological polar surface area (TPSA) is 29.5 Å². The van der Waals surface area contributed by atoms with Crippen LogP contribution in [0.4, 0.5) is 13.2 Å². The average Bonchev–Trinajstić information content (AvgIpc) is 2.25. The Hall–Kier alpha value is -0.750. The summed E-state index contributed by atoms with van der Waals surface area (Å²) in [7, 11) is 0. The van der Waals surface area contributed by atoms with E-state index in [1.807, 2.05) is 6.92 Å². The van der Waals surface area contributed by atoms with E-state index in [9.17, 15) is 18.3 Å². The van der Waals surface area contributed by atoms with Gasteiger partial charge >= 0.3 is 6.18 Å². The first-order valence-electron chi connectivity index (χ1n) is 5.03. The first-order chi connectivity index (χ1) is 7.86. The van der Waals surface area contributed by atoms with Gasteiger partial charge in [0.05, 0.1) is 6.61 Å². The zero-order chi connectivity index (χ0) is 13.1. The fraction of sp³-hybridized carbons (Fsp3) is 0.455. The van der Waals surface area contributed by atoms with E-state index in [4.69, 9.17) is 4.74 Å². The summed E-state index contributed by atoms with van der Waals surface area (Å²) in [6.45, 7) is 2.15. The molecule has 0 amide bonds. The minimum absolute atomic E-state index is 0.0554. The maximum absolute atomic E-state index is 12.4. The Morgan fingerprint density at radius 2 is 2.06 bits per heavy atom. The van der Waals surface area contributed by atoms with Gasteiger partial charge in [-0.1, -0.05) is 22.9 Å². The molecule has 1 rings (SSSR count). The van der Waals surface area contributed by atoms with E-state index < -0.39 is 12.3 Å². The fourth-order valence-electron chi connectivity index (χ4n) is 1.25. The summed E-state index contributed by atoms with van der Waals surface area (Å²) in [6, 6.07) is 4.19. The van der Waals surface area contributed by atoms with Gasteiger partial charge in [0, 0.05) is 10.0 Å². The van der Waals surface area contributed by atoms with E-state index in [1.54, 1.807) is 6.07 Å². The molecule has 17 heavy (non-hydrogen) atoms. The molecule has 0 heterocycles. The van der Waals surface area contributed by atoms with Crippen molar-refractivity contribution in [1.29, 1.82) is 0 Å². The number of ether oxygens (including phenoxy) is 1. The normalized spacial score (nSPS) is 13.5. The molecule has 2 nitrogen and oxygen atoms in total. The Bertz CT molecular complexity index is 379. The maximum Gasteiger partial charge on any atom is 0.418 e. The number of rotatable bonds is 4. The highest BCUT2D eigenvalue weighted by molar-refractivity contribution is 9.10. The minimum atomic E-state index is -4.70. The van der Waals surface area contributed by atoms with E-state index in [2.05, 4.69) is 15.9 Å². The number of benzene rings is 1. The maximum atomic E-state index is 12.4. The molecular weight excluding hydrogens is 301 g/mol. The van der Waals surface area contributed by atoms with Crippen LogP contribution in [-0.4, -0.2) is 17.9 Å². The number of aliphatic hydroxyl groups excluding tert-OH is 1. The molecule has 0 saturated heterocycles. The second kappa shape index (κ2) is 5.73. The van der Waals surface area contributed by atoms with Crippen molar-refractivity contribution in [3.63, 3.8) is 0 Å². The van der Waals surface area contributed by atoms with Crippen LogP contribution in [0.15, 0.2) is 22.7 Å². The van der Waals surface area contributed by atoms with Crippen molar-refractivity contribution in [1.82, 2.24) is 0 Å². The van der Waals surface area contributed by atoms with Gasteiger partial charge in [0.1, 0.15) is 5.75 Å². The number of hydrogen-bond acceptors (Lipinski definition) is 2. The minimum Gasteiger partial charge on any atom is -0.493 e. The molecule has 1 aromatic rings. The predicted octanol–water partition coefficient (Wildman–Crippen LogP) is 3.83. The Balaban J connectivity index is 3.06. The van der Waals surface area contributed by atoms with Gasteiger partial charge in [-0.05, 0) is 24.6 Å². The lowest BCUT2D eigenvalue weighted by Gasteiger charge is -2.18. The number of alkyl halides is 3. The molecule has 0 spiro atoms. The molecule has 0 aliphatic carbocycles. The SMILES string of the molecule is CCCOc1ccc(Br)cc1C(O)C(F)(F)F. The first kappa shape index (κ1) is 14.3. The van der Waals surface area contributed by atoms with Gasteiger partial charge in [-0.3, -0.25) is 0 Å². The molecular formula is C11H12BrF3O2. The lowest BCUT2D eigenvalue weighted by atomic mass is 10.1. The molecule has 0 radical (unpaired) electrons. The van der Waals surface area contributed by atoms with Crippen molar-refractivity contribution < 1.29 is 23.0 Å². The zero-order valence-electron chi connectivity index (χ0n) is 9.09.